The van der Waals surface area contributed by atoms with Gasteiger partial charge in [-0.3, -0.25) is 0 Å². The highest BCUT2D eigenvalue weighted by atomic mass is 35.5. The minimum atomic E-state index is -0.925. The van der Waals surface area contributed by atoms with Gasteiger partial charge in [-0.05, 0) is 23.8 Å². The van der Waals surface area contributed by atoms with Crippen LogP contribution in [0.25, 0.3) is 0 Å². The van der Waals surface area contributed by atoms with Gasteiger partial charge in [0, 0.05) is 5.56 Å². The van der Waals surface area contributed by atoms with Gasteiger partial charge in [-0.2, -0.15) is 0 Å². The van der Waals surface area contributed by atoms with E-state index in [1.54, 1.807) is 36.4 Å². The molecule has 0 spiro atoms. The molecule has 0 heterocycles. The van der Waals surface area contributed by atoms with Crippen LogP contribution >= 0.6 is 23.2 Å². The molecule has 88 valence electrons. The topological polar surface area (TPSA) is 40.5 Å². The molecule has 1 unspecified atom stereocenters. The Labute approximate surface area is 109 Å². The highest BCUT2D eigenvalue weighted by Gasteiger charge is 2.14. The number of halogens is 2. The number of rotatable bonds is 2. The Hall–Kier alpha value is -1.22. The number of para-hydroxylation sites is 1. The van der Waals surface area contributed by atoms with E-state index in [2.05, 4.69) is 0 Å². The van der Waals surface area contributed by atoms with Crippen LogP contribution in [0.2, 0.25) is 10.0 Å². The van der Waals surface area contributed by atoms with E-state index in [1.807, 2.05) is 0 Å². The summed E-state index contributed by atoms with van der Waals surface area (Å²) in [6, 6.07) is 11.5. The Bertz CT molecular complexity index is 541. The average Bonchev–Trinajstić information content (AvgIpc) is 2.32. The van der Waals surface area contributed by atoms with E-state index in [1.165, 1.54) is 6.07 Å². The van der Waals surface area contributed by atoms with Crippen LogP contribution < -0.4 is 0 Å². The van der Waals surface area contributed by atoms with Gasteiger partial charge in [0.1, 0.15) is 11.9 Å². The third-order valence-corrected chi connectivity index (χ3v) is 3.23. The zero-order valence-corrected chi connectivity index (χ0v) is 10.3. The molecule has 0 amide bonds. The number of phenols is 1. The summed E-state index contributed by atoms with van der Waals surface area (Å²) in [5.74, 6) is 0.0473. The average molecular weight is 269 g/mol. The van der Waals surface area contributed by atoms with Crippen molar-refractivity contribution >= 4 is 23.2 Å². The Balaban J connectivity index is 2.40. The van der Waals surface area contributed by atoms with Crippen LogP contribution in [0.4, 0.5) is 0 Å². The summed E-state index contributed by atoms with van der Waals surface area (Å²) >= 11 is 11.7. The summed E-state index contributed by atoms with van der Waals surface area (Å²) < 4.78 is 0. The zero-order chi connectivity index (χ0) is 12.4. The summed E-state index contributed by atoms with van der Waals surface area (Å²) in [6.45, 7) is 0. The van der Waals surface area contributed by atoms with E-state index < -0.39 is 6.10 Å². The standard InChI is InChI=1S/C13H10Cl2O2/c14-10-6-5-8(7-11(10)15)13(17)9-3-1-2-4-12(9)16/h1-7,13,16-17H. The fourth-order valence-corrected chi connectivity index (χ4v) is 1.89. The van der Waals surface area contributed by atoms with Crippen molar-refractivity contribution in [2.24, 2.45) is 0 Å². The monoisotopic (exact) mass is 268 g/mol. The van der Waals surface area contributed by atoms with Gasteiger partial charge in [0.2, 0.25) is 0 Å². The van der Waals surface area contributed by atoms with E-state index in [4.69, 9.17) is 23.2 Å². The summed E-state index contributed by atoms with van der Waals surface area (Å²) in [5.41, 5.74) is 1.02. The molecule has 0 fully saturated rings. The molecule has 0 saturated heterocycles. The fraction of sp³-hybridized carbons (Fsp3) is 0.0769. The van der Waals surface area contributed by atoms with Crippen molar-refractivity contribution in [2.45, 2.75) is 6.10 Å². The van der Waals surface area contributed by atoms with Crippen LogP contribution in [-0.4, -0.2) is 10.2 Å². The number of aliphatic hydroxyl groups excluding tert-OH is 1. The van der Waals surface area contributed by atoms with Crippen LogP contribution in [0.1, 0.15) is 17.2 Å². The normalized spacial score (nSPS) is 12.4. The smallest absolute Gasteiger partial charge is 0.121 e. The molecular weight excluding hydrogens is 259 g/mol. The highest BCUT2D eigenvalue weighted by molar-refractivity contribution is 6.42. The van der Waals surface area contributed by atoms with Crippen molar-refractivity contribution in [3.05, 3.63) is 63.6 Å². The van der Waals surface area contributed by atoms with Gasteiger partial charge in [-0.1, -0.05) is 47.5 Å². The summed E-state index contributed by atoms with van der Waals surface area (Å²) in [7, 11) is 0. The van der Waals surface area contributed by atoms with E-state index in [-0.39, 0.29) is 5.75 Å². The Morgan fingerprint density at radius 2 is 1.65 bits per heavy atom. The maximum Gasteiger partial charge on any atom is 0.121 e. The molecule has 0 aliphatic carbocycles. The first-order chi connectivity index (χ1) is 8.09. The van der Waals surface area contributed by atoms with Crippen molar-refractivity contribution in [3.63, 3.8) is 0 Å². The van der Waals surface area contributed by atoms with E-state index in [9.17, 15) is 10.2 Å². The third kappa shape index (κ3) is 2.55. The van der Waals surface area contributed by atoms with Crippen LogP contribution in [0, 0.1) is 0 Å². The molecule has 2 aromatic rings. The summed E-state index contributed by atoms with van der Waals surface area (Å²) in [4.78, 5) is 0. The molecule has 2 aromatic carbocycles. The zero-order valence-electron chi connectivity index (χ0n) is 8.77. The van der Waals surface area contributed by atoms with Crippen LogP contribution in [0.15, 0.2) is 42.5 Å². The van der Waals surface area contributed by atoms with Gasteiger partial charge >= 0.3 is 0 Å². The molecule has 2 rings (SSSR count). The second-order valence-corrected chi connectivity index (χ2v) is 4.45. The molecule has 0 radical (unpaired) electrons. The van der Waals surface area contributed by atoms with Crippen molar-refractivity contribution in [2.75, 3.05) is 0 Å². The highest BCUT2D eigenvalue weighted by Crippen LogP contribution is 2.32. The first-order valence-electron chi connectivity index (χ1n) is 5.00. The lowest BCUT2D eigenvalue weighted by Crippen LogP contribution is -1.99. The van der Waals surface area contributed by atoms with Gasteiger partial charge in [-0.25, -0.2) is 0 Å². The number of hydrogen-bond acceptors (Lipinski definition) is 2. The fourth-order valence-electron chi connectivity index (χ4n) is 1.58. The molecule has 4 heteroatoms. The molecule has 0 aromatic heterocycles. The predicted octanol–water partition coefficient (Wildman–Crippen LogP) is 3.78. The number of phenolic OH excluding ortho intramolecular Hbond substituents is 1. The van der Waals surface area contributed by atoms with Gasteiger partial charge < -0.3 is 10.2 Å². The minimum absolute atomic E-state index is 0.0473. The first-order valence-corrected chi connectivity index (χ1v) is 5.76. The van der Waals surface area contributed by atoms with E-state index in [0.29, 0.717) is 21.2 Å². The molecule has 17 heavy (non-hydrogen) atoms. The third-order valence-electron chi connectivity index (χ3n) is 2.49. The number of aromatic hydroxyl groups is 1. The molecule has 0 aliphatic heterocycles. The van der Waals surface area contributed by atoms with E-state index in [0.717, 1.165) is 0 Å². The molecule has 2 N–H and O–H groups in total. The van der Waals surface area contributed by atoms with Crippen LogP contribution in [0.3, 0.4) is 0 Å². The maximum atomic E-state index is 10.1. The molecular formula is C13H10Cl2O2. The second-order valence-electron chi connectivity index (χ2n) is 3.63. The Morgan fingerprint density at radius 3 is 2.29 bits per heavy atom. The Kier molecular flexibility index (Phi) is 3.57. The van der Waals surface area contributed by atoms with Gasteiger partial charge in [-0.15, -0.1) is 0 Å². The van der Waals surface area contributed by atoms with Crippen molar-refractivity contribution in [3.8, 4) is 5.75 Å². The van der Waals surface area contributed by atoms with Crippen molar-refractivity contribution < 1.29 is 10.2 Å². The van der Waals surface area contributed by atoms with Crippen molar-refractivity contribution in [1.82, 2.24) is 0 Å². The molecule has 0 aliphatic rings. The largest absolute Gasteiger partial charge is 0.508 e. The molecule has 2 nitrogen and oxygen atoms in total. The van der Waals surface area contributed by atoms with E-state index >= 15 is 0 Å². The molecule has 1 atom stereocenters. The molecule has 0 saturated carbocycles. The lowest BCUT2D eigenvalue weighted by atomic mass is 10.0. The Morgan fingerprint density at radius 1 is 0.941 bits per heavy atom. The SMILES string of the molecule is Oc1ccccc1C(O)c1ccc(Cl)c(Cl)c1. The first kappa shape index (κ1) is 12.2. The summed E-state index contributed by atoms with van der Waals surface area (Å²) in [5, 5.41) is 20.6. The quantitative estimate of drug-likeness (QED) is 0.870. The van der Waals surface area contributed by atoms with Gasteiger partial charge in [0.15, 0.2) is 0 Å². The lowest BCUT2D eigenvalue weighted by molar-refractivity contribution is 0.215. The number of aliphatic hydroxyl groups is 1. The maximum absolute atomic E-state index is 10.1. The van der Waals surface area contributed by atoms with Crippen LogP contribution in [0.5, 0.6) is 5.75 Å². The van der Waals surface area contributed by atoms with Crippen molar-refractivity contribution in [1.29, 1.82) is 0 Å². The van der Waals surface area contributed by atoms with Crippen LogP contribution in [-0.2, 0) is 0 Å². The second kappa shape index (κ2) is 4.96. The predicted molar refractivity (Wildman–Crippen MR) is 68.6 cm³/mol. The minimum Gasteiger partial charge on any atom is -0.508 e. The van der Waals surface area contributed by atoms with Gasteiger partial charge in [0.05, 0.1) is 10.0 Å². The lowest BCUT2D eigenvalue weighted by Gasteiger charge is -2.13. The van der Waals surface area contributed by atoms with Gasteiger partial charge in [0.25, 0.3) is 0 Å². The number of hydrogen-bond donors (Lipinski definition) is 2. The molecule has 0 bridgehead atoms. The number of benzene rings is 2. The summed E-state index contributed by atoms with van der Waals surface area (Å²) in [6.07, 6.45) is -0.925.